The molecule has 0 atom stereocenters. The molecule has 3 nitrogen and oxygen atoms in total. The molecule has 5 heteroatoms. The van der Waals surface area contributed by atoms with Crippen LogP contribution in [0.2, 0.25) is 0 Å². The quantitative estimate of drug-likeness (QED) is 0.665. The summed E-state index contributed by atoms with van der Waals surface area (Å²) in [6.07, 6.45) is 3.35. The third-order valence-electron chi connectivity index (χ3n) is 2.31. The molecular weight excluding hydrogens is 374 g/mol. The number of carbonyl (C=O) groups is 1. The summed E-state index contributed by atoms with van der Waals surface area (Å²) >= 11 is 6.77. The molecule has 0 N–H and O–H groups in total. The van der Waals surface area contributed by atoms with Gasteiger partial charge in [0.25, 0.3) is 5.91 Å². The average molecular weight is 389 g/mol. The van der Waals surface area contributed by atoms with Crippen LogP contribution in [0.3, 0.4) is 0 Å². The Morgan fingerprint density at radius 3 is 2.21 bits per heavy atom. The van der Waals surface area contributed by atoms with Crippen molar-refractivity contribution in [3.63, 3.8) is 0 Å². The second kappa shape index (κ2) is 8.17. The minimum Gasteiger partial charge on any atom is -0.481 e. The topological polar surface area (TPSA) is 29.5 Å². The average Bonchev–Trinajstić information content (AvgIpc) is 2.37. The number of rotatable bonds is 7. The molecule has 1 rings (SSSR count). The Morgan fingerprint density at radius 2 is 1.74 bits per heavy atom. The fourth-order valence-corrected chi connectivity index (χ4v) is 2.66. The summed E-state index contributed by atoms with van der Waals surface area (Å²) in [4.78, 5) is 13.6. The van der Waals surface area contributed by atoms with Gasteiger partial charge in [-0.15, -0.1) is 13.2 Å². The lowest BCUT2D eigenvalue weighted by molar-refractivity contribution is -0.132. The lowest BCUT2D eigenvalue weighted by atomic mass is 10.3. The van der Waals surface area contributed by atoms with Gasteiger partial charge in [0.2, 0.25) is 0 Å². The number of carbonyl (C=O) groups excluding carboxylic acids is 1. The third-order valence-corrected chi connectivity index (χ3v) is 3.56. The van der Waals surface area contributed by atoms with Crippen molar-refractivity contribution >= 4 is 37.8 Å². The van der Waals surface area contributed by atoms with Crippen molar-refractivity contribution in [2.45, 2.75) is 0 Å². The van der Waals surface area contributed by atoms with Crippen LogP contribution in [-0.4, -0.2) is 30.5 Å². The van der Waals surface area contributed by atoms with Crippen molar-refractivity contribution in [1.82, 2.24) is 4.90 Å². The highest BCUT2D eigenvalue weighted by atomic mass is 79.9. The van der Waals surface area contributed by atoms with Gasteiger partial charge in [-0.1, -0.05) is 18.2 Å². The maximum atomic E-state index is 12.0. The molecule has 0 aromatic heterocycles. The fourth-order valence-electron chi connectivity index (χ4n) is 1.44. The second-order valence-corrected chi connectivity index (χ2v) is 5.42. The number of hydrogen-bond donors (Lipinski definition) is 0. The van der Waals surface area contributed by atoms with Crippen LogP contribution >= 0.6 is 31.9 Å². The lowest BCUT2D eigenvalue weighted by Crippen LogP contribution is -2.35. The first kappa shape index (κ1) is 16.0. The van der Waals surface area contributed by atoms with E-state index in [-0.39, 0.29) is 12.5 Å². The Labute approximate surface area is 130 Å². The number of benzene rings is 1. The summed E-state index contributed by atoms with van der Waals surface area (Å²) in [5, 5.41) is 0. The molecule has 0 bridgehead atoms. The van der Waals surface area contributed by atoms with Crippen LogP contribution in [0.1, 0.15) is 0 Å². The molecule has 0 aliphatic heterocycles. The number of para-hydroxylation sites is 1. The van der Waals surface area contributed by atoms with Gasteiger partial charge in [-0.05, 0) is 44.0 Å². The molecule has 0 unspecified atom stereocenters. The van der Waals surface area contributed by atoms with E-state index in [2.05, 4.69) is 45.0 Å². The maximum absolute atomic E-state index is 12.0. The summed E-state index contributed by atoms with van der Waals surface area (Å²) in [7, 11) is 0. The number of ether oxygens (including phenoxy) is 1. The molecule has 0 aliphatic carbocycles. The standard InChI is InChI=1S/C14H15Br2NO2/c1-3-8-17(9-4-2)13(18)10-19-14-11(15)6-5-7-12(14)16/h3-7H,1-2,8-10H2. The van der Waals surface area contributed by atoms with Crippen LogP contribution in [0.5, 0.6) is 5.75 Å². The molecule has 0 heterocycles. The SMILES string of the molecule is C=CCN(CC=C)C(=O)COc1c(Br)cccc1Br. The summed E-state index contributed by atoms with van der Waals surface area (Å²) in [5.41, 5.74) is 0. The smallest absolute Gasteiger partial charge is 0.261 e. The Balaban J connectivity index is 2.67. The fraction of sp³-hybridized carbons (Fsp3) is 0.214. The van der Waals surface area contributed by atoms with E-state index in [9.17, 15) is 4.79 Å². The highest BCUT2D eigenvalue weighted by molar-refractivity contribution is 9.11. The molecule has 0 saturated heterocycles. The zero-order valence-corrected chi connectivity index (χ0v) is 13.6. The predicted octanol–water partition coefficient (Wildman–Crippen LogP) is 3.79. The van der Waals surface area contributed by atoms with E-state index in [1.54, 1.807) is 17.1 Å². The van der Waals surface area contributed by atoms with E-state index in [0.29, 0.717) is 18.8 Å². The summed E-state index contributed by atoms with van der Waals surface area (Å²) in [5.74, 6) is 0.510. The van der Waals surface area contributed by atoms with Crippen LogP contribution in [0, 0.1) is 0 Å². The summed E-state index contributed by atoms with van der Waals surface area (Å²) in [6.45, 7) is 8.19. The number of nitrogens with zero attached hydrogens (tertiary/aromatic N) is 1. The van der Waals surface area contributed by atoms with Crippen molar-refractivity contribution in [3.05, 3.63) is 52.5 Å². The van der Waals surface area contributed by atoms with E-state index in [0.717, 1.165) is 8.95 Å². The van der Waals surface area contributed by atoms with Crippen molar-refractivity contribution in [1.29, 1.82) is 0 Å². The normalized spacial score (nSPS) is 9.79. The monoisotopic (exact) mass is 387 g/mol. The van der Waals surface area contributed by atoms with E-state index >= 15 is 0 Å². The predicted molar refractivity (Wildman–Crippen MR) is 84.3 cm³/mol. The van der Waals surface area contributed by atoms with Gasteiger partial charge in [0, 0.05) is 13.1 Å². The van der Waals surface area contributed by atoms with Crippen molar-refractivity contribution < 1.29 is 9.53 Å². The molecule has 0 radical (unpaired) electrons. The maximum Gasteiger partial charge on any atom is 0.261 e. The summed E-state index contributed by atoms with van der Waals surface area (Å²) < 4.78 is 7.15. The molecule has 1 amide bonds. The minimum absolute atomic E-state index is 0.0249. The Bertz CT molecular complexity index is 444. The van der Waals surface area contributed by atoms with Crippen LogP contribution in [0.15, 0.2) is 52.5 Å². The highest BCUT2D eigenvalue weighted by Gasteiger charge is 2.13. The van der Waals surface area contributed by atoms with E-state index in [4.69, 9.17) is 4.74 Å². The van der Waals surface area contributed by atoms with Crippen LogP contribution in [0.4, 0.5) is 0 Å². The first-order chi connectivity index (χ1) is 9.10. The van der Waals surface area contributed by atoms with Gasteiger partial charge in [-0.3, -0.25) is 4.79 Å². The first-order valence-corrected chi connectivity index (χ1v) is 7.25. The van der Waals surface area contributed by atoms with E-state index < -0.39 is 0 Å². The van der Waals surface area contributed by atoms with Gasteiger partial charge < -0.3 is 9.64 Å². The molecule has 1 aromatic rings. The second-order valence-electron chi connectivity index (χ2n) is 3.72. The Kier molecular flexibility index (Phi) is 6.87. The van der Waals surface area contributed by atoms with E-state index in [1.807, 2.05) is 18.2 Å². The van der Waals surface area contributed by atoms with Crippen LogP contribution in [0.25, 0.3) is 0 Å². The number of halogens is 2. The van der Waals surface area contributed by atoms with Gasteiger partial charge in [0.05, 0.1) is 8.95 Å². The van der Waals surface area contributed by atoms with Crippen LogP contribution in [-0.2, 0) is 4.79 Å². The Morgan fingerprint density at radius 1 is 1.21 bits per heavy atom. The van der Waals surface area contributed by atoms with Gasteiger partial charge >= 0.3 is 0 Å². The molecule has 0 fully saturated rings. The van der Waals surface area contributed by atoms with Gasteiger partial charge in [0.15, 0.2) is 6.61 Å². The largest absolute Gasteiger partial charge is 0.481 e. The lowest BCUT2D eigenvalue weighted by Gasteiger charge is -2.19. The van der Waals surface area contributed by atoms with Gasteiger partial charge in [-0.25, -0.2) is 0 Å². The first-order valence-electron chi connectivity index (χ1n) is 5.66. The number of hydrogen-bond acceptors (Lipinski definition) is 2. The van der Waals surface area contributed by atoms with Crippen molar-refractivity contribution in [3.8, 4) is 5.75 Å². The zero-order chi connectivity index (χ0) is 14.3. The molecule has 102 valence electrons. The molecule has 0 aliphatic rings. The van der Waals surface area contributed by atoms with Gasteiger partial charge in [-0.2, -0.15) is 0 Å². The van der Waals surface area contributed by atoms with Gasteiger partial charge in [0.1, 0.15) is 5.75 Å². The van der Waals surface area contributed by atoms with Crippen molar-refractivity contribution in [2.75, 3.05) is 19.7 Å². The summed E-state index contributed by atoms with van der Waals surface area (Å²) in [6, 6.07) is 5.59. The molecule has 1 aromatic carbocycles. The third kappa shape index (κ3) is 4.84. The van der Waals surface area contributed by atoms with Crippen LogP contribution < -0.4 is 4.74 Å². The molecule has 0 saturated carbocycles. The highest BCUT2D eigenvalue weighted by Crippen LogP contribution is 2.32. The minimum atomic E-state index is -0.109. The number of amides is 1. The van der Waals surface area contributed by atoms with Crippen molar-refractivity contribution in [2.24, 2.45) is 0 Å². The Hall–Kier alpha value is -1.07. The zero-order valence-electron chi connectivity index (χ0n) is 10.4. The molecule has 0 spiro atoms. The van der Waals surface area contributed by atoms with E-state index in [1.165, 1.54) is 0 Å². The molecule has 19 heavy (non-hydrogen) atoms. The molecular formula is C14H15Br2NO2.